The Hall–Kier alpha value is -1.58. The van der Waals surface area contributed by atoms with Crippen LogP contribution in [-0.2, 0) is 0 Å². The lowest BCUT2D eigenvalue weighted by Crippen LogP contribution is -2.18. The summed E-state index contributed by atoms with van der Waals surface area (Å²) in [6, 6.07) is 0. The maximum atomic E-state index is 5.64. The zero-order valence-corrected chi connectivity index (χ0v) is 7.52. The molecule has 0 amide bonds. The molecule has 4 nitrogen and oxygen atoms in total. The van der Waals surface area contributed by atoms with Gasteiger partial charge in [-0.15, -0.1) is 0 Å². The van der Waals surface area contributed by atoms with Gasteiger partial charge in [0.2, 0.25) is 0 Å². The number of nitrogens with two attached hydrogens (primary N) is 4. The molecule has 0 aromatic rings. The second-order valence-electron chi connectivity index (χ2n) is 2.66. The third-order valence-corrected chi connectivity index (χ3v) is 1.60. The topological polar surface area (TPSA) is 104 Å². The minimum atomic E-state index is 0.360. The summed E-state index contributed by atoms with van der Waals surface area (Å²) in [5.41, 5.74) is 24.4. The molecule has 0 rings (SSSR count). The van der Waals surface area contributed by atoms with Crippen molar-refractivity contribution in [2.45, 2.75) is 13.8 Å². The van der Waals surface area contributed by atoms with Crippen LogP contribution in [0.3, 0.4) is 0 Å². The van der Waals surface area contributed by atoms with E-state index in [1.54, 1.807) is 13.8 Å². The fraction of sp³-hybridized carbons (Fsp3) is 0.250. The highest BCUT2D eigenvalue weighted by Crippen LogP contribution is 2.09. The first-order valence-electron chi connectivity index (χ1n) is 3.51. The van der Waals surface area contributed by atoms with E-state index in [1.165, 1.54) is 0 Å². The Bertz CT molecular complexity index is 256. The van der Waals surface area contributed by atoms with E-state index in [2.05, 4.69) is 6.58 Å². The molecular weight excluding hydrogens is 152 g/mol. The maximum Gasteiger partial charge on any atom is 0.0738 e. The van der Waals surface area contributed by atoms with Crippen LogP contribution in [-0.4, -0.2) is 0 Å². The first-order chi connectivity index (χ1) is 5.37. The summed E-state index contributed by atoms with van der Waals surface area (Å²) in [6.45, 7) is 6.96. The highest BCUT2D eigenvalue weighted by atomic mass is 14.8. The molecule has 0 atom stereocenters. The fourth-order valence-electron chi connectivity index (χ4n) is 0.587. The van der Waals surface area contributed by atoms with E-state index in [0.29, 0.717) is 28.4 Å². The van der Waals surface area contributed by atoms with Gasteiger partial charge in [-0.3, -0.25) is 0 Å². The molecule has 0 aromatic heterocycles. The van der Waals surface area contributed by atoms with Crippen molar-refractivity contribution in [2.24, 2.45) is 22.9 Å². The molecule has 0 aliphatic rings. The quantitative estimate of drug-likeness (QED) is 0.430. The van der Waals surface area contributed by atoms with Crippen molar-refractivity contribution in [1.29, 1.82) is 0 Å². The van der Waals surface area contributed by atoms with Crippen molar-refractivity contribution < 1.29 is 0 Å². The van der Waals surface area contributed by atoms with Crippen LogP contribution in [0.15, 0.2) is 34.9 Å². The summed E-state index contributed by atoms with van der Waals surface area (Å²) in [7, 11) is 0. The maximum absolute atomic E-state index is 5.64. The number of rotatable bonds is 2. The summed E-state index contributed by atoms with van der Waals surface area (Å²) in [5, 5.41) is 0. The van der Waals surface area contributed by atoms with Gasteiger partial charge in [-0.2, -0.15) is 0 Å². The molecule has 0 unspecified atom stereocenters. The van der Waals surface area contributed by atoms with E-state index in [4.69, 9.17) is 22.9 Å². The van der Waals surface area contributed by atoms with Crippen LogP contribution in [0.1, 0.15) is 13.8 Å². The Morgan fingerprint density at radius 1 is 0.917 bits per heavy atom. The number of allylic oxidation sites excluding steroid dienone is 2. The van der Waals surface area contributed by atoms with Crippen molar-refractivity contribution in [1.82, 2.24) is 0 Å². The van der Waals surface area contributed by atoms with Crippen molar-refractivity contribution in [2.75, 3.05) is 0 Å². The van der Waals surface area contributed by atoms with E-state index < -0.39 is 0 Å². The highest BCUT2D eigenvalue weighted by Gasteiger charge is 2.03. The Kier molecular flexibility index (Phi) is 3.22. The molecule has 0 saturated heterocycles. The van der Waals surface area contributed by atoms with E-state index in [0.717, 1.165) is 0 Å². The van der Waals surface area contributed by atoms with Gasteiger partial charge in [0.1, 0.15) is 0 Å². The molecule has 4 heteroatoms. The first kappa shape index (κ1) is 10.4. The van der Waals surface area contributed by atoms with Gasteiger partial charge in [-0.25, -0.2) is 0 Å². The van der Waals surface area contributed by atoms with Crippen LogP contribution < -0.4 is 22.9 Å². The smallest absolute Gasteiger partial charge is 0.0738 e. The molecule has 0 aliphatic carbocycles. The molecular formula is C8H16N4. The Morgan fingerprint density at radius 2 is 1.33 bits per heavy atom. The molecule has 0 radical (unpaired) electrons. The average Bonchev–Trinajstić information content (AvgIpc) is 2.00. The van der Waals surface area contributed by atoms with Gasteiger partial charge in [0, 0.05) is 11.4 Å². The van der Waals surface area contributed by atoms with Gasteiger partial charge in [0.25, 0.3) is 0 Å². The van der Waals surface area contributed by atoms with Gasteiger partial charge in [-0.05, 0) is 19.4 Å². The van der Waals surface area contributed by atoms with Crippen LogP contribution in [0.25, 0.3) is 0 Å². The zero-order valence-electron chi connectivity index (χ0n) is 7.52. The van der Waals surface area contributed by atoms with E-state index in [9.17, 15) is 0 Å². The van der Waals surface area contributed by atoms with Crippen LogP contribution in [0.4, 0.5) is 0 Å². The number of hydrogen-bond donors (Lipinski definition) is 4. The van der Waals surface area contributed by atoms with Crippen molar-refractivity contribution >= 4 is 0 Å². The van der Waals surface area contributed by atoms with Crippen LogP contribution in [0.5, 0.6) is 0 Å². The lowest BCUT2D eigenvalue weighted by Gasteiger charge is -2.08. The summed E-state index contributed by atoms with van der Waals surface area (Å²) >= 11 is 0. The van der Waals surface area contributed by atoms with E-state index in [-0.39, 0.29) is 0 Å². The Morgan fingerprint density at radius 3 is 1.58 bits per heavy atom. The minimum absolute atomic E-state index is 0.360. The Labute approximate surface area is 72.6 Å². The summed E-state index contributed by atoms with van der Waals surface area (Å²) in [4.78, 5) is 0. The lowest BCUT2D eigenvalue weighted by molar-refractivity contribution is 1.10. The average molecular weight is 168 g/mol. The van der Waals surface area contributed by atoms with Crippen LogP contribution >= 0.6 is 0 Å². The predicted octanol–water partition coefficient (Wildman–Crippen LogP) is -0.160. The van der Waals surface area contributed by atoms with Gasteiger partial charge in [-0.1, -0.05) is 6.58 Å². The molecule has 0 spiro atoms. The first-order valence-corrected chi connectivity index (χ1v) is 3.51. The van der Waals surface area contributed by atoms with E-state index >= 15 is 0 Å². The molecule has 0 bridgehead atoms. The van der Waals surface area contributed by atoms with Crippen LogP contribution in [0.2, 0.25) is 0 Å². The second-order valence-corrected chi connectivity index (χ2v) is 2.66. The molecule has 8 N–H and O–H groups in total. The Balaban J connectivity index is 5.06. The molecule has 68 valence electrons. The summed E-state index contributed by atoms with van der Waals surface area (Å²) in [6.07, 6.45) is 0. The highest BCUT2D eigenvalue weighted by molar-refractivity contribution is 5.39. The minimum Gasteiger partial charge on any atom is -0.401 e. The number of hydrogen-bond acceptors (Lipinski definition) is 4. The van der Waals surface area contributed by atoms with Crippen molar-refractivity contribution in [3.8, 4) is 0 Å². The standard InChI is InChI=1S/C8H16N4/c1-4(5(2)9)7(11)8(12)6(3)10/h2,9-12H2,1,3H3/b7-4+,8-6-. The van der Waals surface area contributed by atoms with E-state index in [1.807, 2.05) is 0 Å². The third-order valence-electron chi connectivity index (χ3n) is 1.60. The zero-order chi connectivity index (χ0) is 9.89. The molecule has 0 fully saturated rings. The van der Waals surface area contributed by atoms with Gasteiger partial charge < -0.3 is 22.9 Å². The largest absolute Gasteiger partial charge is 0.401 e. The third kappa shape index (κ3) is 2.23. The second kappa shape index (κ2) is 3.71. The lowest BCUT2D eigenvalue weighted by atomic mass is 10.1. The van der Waals surface area contributed by atoms with Crippen molar-refractivity contribution in [3.63, 3.8) is 0 Å². The molecule has 12 heavy (non-hydrogen) atoms. The van der Waals surface area contributed by atoms with Crippen LogP contribution in [0, 0.1) is 0 Å². The van der Waals surface area contributed by atoms with Gasteiger partial charge in [0.15, 0.2) is 0 Å². The molecule has 0 aliphatic heterocycles. The SMILES string of the molecule is C=C(N)/C(C)=C(N)\C(N)=C(/C)N. The normalized spacial score (nSPS) is 14.8. The molecule has 0 aromatic carbocycles. The summed E-state index contributed by atoms with van der Waals surface area (Å²) in [5.74, 6) is 0. The molecule has 0 saturated carbocycles. The summed E-state index contributed by atoms with van der Waals surface area (Å²) < 4.78 is 0. The van der Waals surface area contributed by atoms with Crippen molar-refractivity contribution in [3.05, 3.63) is 34.9 Å². The van der Waals surface area contributed by atoms with Gasteiger partial charge >= 0.3 is 0 Å². The molecule has 0 heterocycles. The van der Waals surface area contributed by atoms with Gasteiger partial charge in [0.05, 0.1) is 11.4 Å². The predicted molar refractivity (Wildman–Crippen MR) is 51.3 cm³/mol. The fourth-order valence-corrected chi connectivity index (χ4v) is 0.587. The monoisotopic (exact) mass is 168 g/mol.